The zero-order chi connectivity index (χ0) is 10.8. The van der Waals surface area contributed by atoms with Crippen LogP contribution in [0.5, 0.6) is 0 Å². The minimum atomic E-state index is -4.54. The highest BCUT2D eigenvalue weighted by atomic mass is 19.4. The molecule has 1 rings (SSSR count). The summed E-state index contributed by atoms with van der Waals surface area (Å²) in [6.07, 6.45) is -3.50. The smallest absolute Gasteiger partial charge is 0.394 e. The molecule has 0 aliphatic rings. The van der Waals surface area contributed by atoms with Crippen LogP contribution in [0.4, 0.5) is 13.2 Å². The van der Waals surface area contributed by atoms with Crippen LogP contribution in [-0.2, 0) is 6.18 Å². The van der Waals surface area contributed by atoms with Crippen LogP contribution >= 0.6 is 0 Å². The fourth-order valence-corrected chi connectivity index (χ4v) is 1.05. The van der Waals surface area contributed by atoms with Gasteiger partial charge in [-0.15, -0.1) is 0 Å². The topological polar surface area (TPSA) is 59.1 Å². The van der Waals surface area contributed by atoms with Crippen molar-refractivity contribution in [1.82, 2.24) is 4.98 Å². The number of hydrogen-bond acceptors (Lipinski definition) is 3. The van der Waals surface area contributed by atoms with Crippen LogP contribution in [0, 0.1) is 0 Å². The van der Waals surface area contributed by atoms with Crippen molar-refractivity contribution in [2.24, 2.45) is 5.73 Å². The molecule has 0 spiro atoms. The van der Waals surface area contributed by atoms with Crippen LogP contribution in [0.3, 0.4) is 0 Å². The number of nitrogens with zero attached hydrogens (tertiary/aromatic N) is 1. The van der Waals surface area contributed by atoms with Gasteiger partial charge in [0.15, 0.2) is 0 Å². The van der Waals surface area contributed by atoms with Crippen LogP contribution in [0.15, 0.2) is 18.3 Å². The lowest BCUT2D eigenvalue weighted by Crippen LogP contribution is -2.21. The summed E-state index contributed by atoms with van der Waals surface area (Å²) in [5.41, 5.74) is 4.07. The van der Waals surface area contributed by atoms with E-state index in [-0.39, 0.29) is 5.56 Å². The van der Waals surface area contributed by atoms with Crippen LogP contribution in [0.25, 0.3) is 0 Å². The van der Waals surface area contributed by atoms with Crippen molar-refractivity contribution in [3.63, 3.8) is 0 Å². The van der Waals surface area contributed by atoms with E-state index >= 15 is 0 Å². The predicted molar refractivity (Wildman–Crippen MR) is 43.3 cm³/mol. The van der Waals surface area contributed by atoms with E-state index in [9.17, 15) is 13.2 Å². The highest BCUT2D eigenvalue weighted by molar-refractivity contribution is 5.25. The van der Waals surface area contributed by atoms with E-state index in [1.54, 1.807) is 0 Å². The van der Waals surface area contributed by atoms with Crippen molar-refractivity contribution in [2.45, 2.75) is 12.2 Å². The number of aliphatic hydroxyl groups excluding tert-OH is 1. The van der Waals surface area contributed by atoms with Crippen LogP contribution in [0.2, 0.25) is 0 Å². The van der Waals surface area contributed by atoms with Crippen LogP contribution < -0.4 is 5.73 Å². The number of aliphatic hydroxyl groups is 1. The Morgan fingerprint density at radius 2 is 2.14 bits per heavy atom. The molecular formula is C8H9F3N2O. The molecule has 1 atom stereocenters. The largest absolute Gasteiger partial charge is 0.433 e. The first-order valence-corrected chi connectivity index (χ1v) is 3.85. The molecule has 3 N–H and O–H groups in total. The molecule has 0 fully saturated rings. The number of nitrogens with two attached hydrogens (primary N) is 1. The maximum Gasteiger partial charge on any atom is 0.433 e. The normalized spacial score (nSPS) is 14.1. The lowest BCUT2D eigenvalue weighted by Gasteiger charge is -2.14. The summed E-state index contributed by atoms with van der Waals surface area (Å²) in [6.45, 7) is -0.547. The molecule has 0 radical (unpaired) electrons. The number of halogens is 3. The van der Waals surface area contributed by atoms with Gasteiger partial charge in [-0.2, -0.15) is 13.2 Å². The Morgan fingerprint density at radius 1 is 1.50 bits per heavy atom. The Bertz CT molecular complexity index is 314. The summed E-state index contributed by atoms with van der Waals surface area (Å²) in [4.78, 5) is 3.20. The molecular weight excluding hydrogens is 197 g/mol. The Morgan fingerprint density at radius 3 is 2.64 bits per heavy atom. The number of hydrogen-bond donors (Lipinski definition) is 2. The molecule has 0 bridgehead atoms. The van der Waals surface area contributed by atoms with Gasteiger partial charge in [-0.25, -0.2) is 0 Å². The zero-order valence-electron chi connectivity index (χ0n) is 7.12. The van der Waals surface area contributed by atoms with E-state index in [4.69, 9.17) is 10.8 Å². The van der Waals surface area contributed by atoms with Gasteiger partial charge in [0.25, 0.3) is 0 Å². The van der Waals surface area contributed by atoms with Crippen molar-refractivity contribution < 1.29 is 18.3 Å². The number of pyridine rings is 1. The fraction of sp³-hybridized carbons (Fsp3) is 0.375. The molecule has 6 heteroatoms. The van der Waals surface area contributed by atoms with Gasteiger partial charge in [0.05, 0.1) is 12.6 Å². The van der Waals surface area contributed by atoms with Crippen LogP contribution in [0.1, 0.15) is 17.3 Å². The molecule has 1 unspecified atom stereocenters. The molecule has 0 amide bonds. The average molecular weight is 206 g/mol. The summed E-state index contributed by atoms with van der Waals surface area (Å²) >= 11 is 0. The van der Waals surface area contributed by atoms with Gasteiger partial charge in [-0.3, -0.25) is 4.98 Å². The third kappa shape index (κ3) is 2.21. The van der Waals surface area contributed by atoms with E-state index in [2.05, 4.69) is 4.98 Å². The van der Waals surface area contributed by atoms with Crippen LogP contribution in [-0.4, -0.2) is 16.7 Å². The molecule has 0 aromatic carbocycles. The minimum Gasteiger partial charge on any atom is -0.394 e. The Labute approximate surface area is 78.4 Å². The monoisotopic (exact) mass is 206 g/mol. The van der Waals surface area contributed by atoms with Crippen molar-refractivity contribution in [3.8, 4) is 0 Å². The first kappa shape index (κ1) is 10.9. The second kappa shape index (κ2) is 3.93. The van der Waals surface area contributed by atoms with Crippen molar-refractivity contribution in [2.75, 3.05) is 6.61 Å². The van der Waals surface area contributed by atoms with Gasteiger partial charge in [-0.1, -0.05) is 6.07 Å². The lowest BCUT2D eigenvalue weighted by molar-refractivity contribution is -0.142. The SMILES string of the molecule is NC(CO)c1cccnc1C(F)(F)F. The Hall–Kier alpha value is -1.14. The van der Waals surface area contributed by atoms with Crippen molar-refractivity contribution >= 4 is 0 Å². The molecule has 1 aromatic heterocycles. The maximum absolute atomic E-state index is 12.3. The Kier molecular flexibility index (Phi) is 3.07. The molecule has 3 nitrogen and oxygen atoms in total. The third-order valence-electron chi connectivity index (χ3n) is 1.70. The van der Waals surface area contributed by atoms with Gasteiger partial charge in [0.2, 0.25) is 0 Å². The van der Waals surface area contributed by atoms with Gasteiger partial charge in [0, 0.05) is 11.8 Å². The van der Waals surface area contributed by atoms with Gasteiger partial charge >= 0.3 is 6.18 Å². The van der Waals surface area contributed by atoms with E-state index in [1.807, 2.05) is 0 Å². The Balaban J connectivity index is 3.16. The molecule has 0 aliphatic heterocycles. The second-order valence-corrected chi connectivity index (χ2v) is 2.73. The molecule has 0 aliphatic carbocycles. The summed E-state index contributed by atoms with van der Waals surface area (Å²) < 4.78 is 37.0. The summed E-state index contributed by atoms with van der Waals surface area (Å²) in [5.74, 6) is 0. The number of aromatic nitrogens is 1. The summed E-state index contributed by atoms with van der Waals surface area (Å²) in [5, 5.41) is 8.66. The first-order chi connectivity index (χ1) is 6.46. The fourth-order valence-electron chi connectivity index (χ4n) is 1.05. The second-order valence-electron chi connectivity index (χ2n) is 2.73. The van der Waals surface area contributed by atoms with Crippen molar-refractivity contribution in [1.29, 1.82) is 0 Å². The molecule has 78 valence electrons. The highest BCUT2D eigenvalue weighted by Gasteiger charge is 2.36. The van der Waals surface area contributed by atoms with Gasteiger partial charge in [0.1, 0.15) is 5.69 Å². The van der Waals surface area contributed by atoms with Gasteiger partial charge < -0.3 is 10.8 Å². The standard InChI is InChI=1S/C8H9F3N2O/c9-8(10,11)7-5(6(12)4-14)2-1-3-13-7/h1-3,6,14H,4,12H2. The molecule has 1 aromatic rings. The third-order valence-corrected chi connectivity index (χ3v) is 1.70. The van der Waals surface area contributed by atoms with E-state index in [0.29, 0.717) is 0 Å². The molecule has 1 heterocycles. The summed E-state index contributed by atoms with van der Waals surface area (Å²) in [6, 6.07) is 1.50. The number of alkyl halides is 3. The predicted octanol–water partition coefficient (Wildman–Crippen LogP) is 1.09. The maximum atomic E-state index is 12.3. The molecule has 14 heavy (non-hydrogen) atoms. The zero-order valence-corrected chi connectivity index (χ0v) is 7.12. The molecule has 0 saturated heterocycles. The quantitative estimate of drug-likeness (QED) is 0.761. The minimum absolute atomic E-state index is 0.192. The van der Waals surface area contributed by atoms with E-state index < -0.39 is 24.5 Å². The first-order valence-electron chi connectivity index (χ1n) is 3.85. The lowest BCUT2D eigenvalue weighted by atomic mass is 10.1. The number of rotatable bonds is 2. The molecule has 0 saturated carbocycles. The highest BCUT2D eigenvalue weighted by Crippen LogP contribution is 2.31. The van der Waals surface area contributed by atoms with Gasteiger partial charge in [-0.05, 0) is 6.07 Å². The van der Waals surface area contributed by atoms with E-state index in [1.165, 1.54) is 12.1 Å². The van der Waals surface area contributed by atoms with Crippen molar-refractivity contribution in [3.05, 3.63) is 29.6 Å². The van der Waals surface area contributed by atoms with E-state index in [0.717, 1.165) is 6.20 Å². The summed E-state index contributed by atoms with van der Waals surface area (Å²) in [7, 11) is 0. The average Bonchev–Trinajstić information content (AvgIpc) is 2.15.